The van der Waals surface area contributed by atoms with Crippen LogP contribution in [-0.4, -0.2) is 18.0 Å². The molecule has 0 aromatic rings. The highest BCUT2D eigenvalue weighted by molar-refractivity contribution is 5.13. The number of rotatable bonds is 0. The second-order valence-corrected chi connectivity index (χ2v) is 5.33. The van der Waals surface area contributed by atoms with Gasteiger partial charge in [0.05, 0.1) is 6.61 Å². The second kappa shape index (κ2) is 3.91. The first-order valence-electron chi connectivity index (χ1n) is 6.04. The molecule has 1 saturated heterocycles. The van der Waals surface area contributed by atoms with Crippen LogP contribution in [0, 0.1) is 17.3 Å². The van der Waals surface area contributed by atoms with Gasteiger partial charge in [0.1, 0.15) is 0 Å². The van der Waals surface area contributed by atoms with Crippen LogP contribution in [0.4, 0.5) is 0 Å². The topological polar surface area (TPSA) is 29.5 Å². The largest absolute Gasteiger partial charge is 0.367 e. The molecule has 1 heterocycles. The summed E-state index contributed by atoms with van der Waals surface area (Å²) in [6.45, 7) is 7.37. The predicted octanol–water partition coefficient (Wildman–Crippen LogP) is 2.72. The van der Waals surface area contributed by atoms with Crippen molar-refractivity contribution in [2.75, 3.05) is 6.61 Å². The fourth-order valence-electron chi connectivity index (χ4n) is 3.37. The molecule has 4 atom stereocenters. The Kier molecular flexibility index (Phi) is 2.91. The third-order valence-corrected chi connectivity index (χ3v) is 4.54. The van der Waals surface area contributed by atoms with Gasteiger partial charge < -0.3 is 9.84 Å². The predicted molar refractivity (Wildman–Crippen MR) is 60.3 cm³/mol. The Morgan fingerprint density at radius 3 is 2.80 bits per heavy atom. The van der Waals surface area contributed by atoms with Gasteiger partial charge in [-0.3, -0.25) is 0 Å². The lowest BCUT2D eigenvalue weighted by Gasteiger charge is -2.51. The molecule has 1 fully saturated rings. The zero-order valence-corrected chi connectivity index (χ0v) is 9.99. The number of allylic oxidation sites excluding steroid dienone is 2. The average Bonchev–Trinajstić information content (AvgIpc) is 2.16. The molecule has 2 rings (SSSR count). The molecule has 86 valence electrons. The van der Waals surface area contributed by atoms with Crippen molar-refractivity contribution in [2.45, 2.75) is 46.3 Å². The van der Waals surface area contributed by atoms with E-state index in [0.717, 1.165) is 19.3 Å². The Morgan fingerprint density at radius 2 is 2.20 bits per heavy atom. The Morgan fingerprint density at radius 1 is 1.47 bits per heavy atom. The van der Waals surface area contributed by atoms with Crippen molar-refractivity contribution >= 4 is 0 Å². The maximum atomic E-state index is 10.2. The zero-order valence-electron chi connectivity index (χ0n) is 9.99. The summed E-state index contributed by atoms with van der Waals surface area (Å²) in [6, 6.07) is 0. The number of aliphatic hydroxyl groups is 1. The Balaban J connectivity index is 2.30. The van der Waals surface area contributed by atoms with Gasteiger partial charge >= 0.3 is 0 Å². The van der Waals surface area contributed by atoms with Crippen LogP contribution in [0.2, 0.25) is 0 Å². The second-order valence-electron chi connectivity index (χ2n) is 5.33. The Bertz CT molecular complexity index is 260. The van der Waals surface area contributed by atoms with Crippen molar-refractivity contribution in [3.05, 3.63) is 11.6 Å². The van der Waals surface area contributed by atoms with Crippen LogP contribution < -0.4 is 0 Å². The standard InChI is InChI=1S/C13H22O2/c1-9-4-6-13(11(3)8-9)10(2)5-7-15-12(13)14/h8,10-12,14H,4-7H2,1-3H3. The number of hydrogen-bond acceptors (Lipinski definition) is 2. The van der Waals surface area contributed by atoms with Crippen LogP contribution in [-0.2, 0) is 4.74 Å². The van der Waals surface area contributed by atoms with Gasteiger partial charge in [0.15, 0.2) is 6.29 Å². The van der Waals surface area contributed by atoms with Gasteiger partial charge in [0.25, 0.3) is 0 Å². The van der Waals surface area contributed by atoms with E-state index in [0.29, 0.717) is 18.4 Å². The van der Waals surface area contributed by atoms with Crippen LogP contribution >= 0.6 is 0 Å². The molecule has 15 heavy (non-hydrogen) atoms. The van der Waals surface area contributed by atoms with Gasteiger partial charge in [0, 0.05) is 5.41 Å². The number of aliphatic hydroxyl groups excluding tert-OH is 1. The molecule has 1 spiro atoms. The molecule has 1 aliphatic heterocycles. The summed E-state index contributed by atoms with van der Waals surface area (Å²) < 4.78 is 5.47. The van der Waals surface area contributed by atoms with Crippen molar-refractivity contribution in [1.82, 2.24) is 0 Å². The molecule has 0 aromatic heterocycles. The third kappa shape index (κ3) is 1.64. The minimum Gasteiger partial charge on any atom is -0.367 e. The minimum atomic E-state index is -0.569. The fourth-order valence-corrected chi connectivity index (χ4v) is 3.37. The molecular weight excluding hydrogens is 188 g/mol. The maximum absolute atomic E-state index is 10.2. The van der Waals surface area contributed by atoms with Crippen LogP contribution in [0.3, 0.4) is 0 Å². The van der Waals surface area contributed by atoms with E-state index in [4.69, 9.17) is 4.74 Å². The highest BCUT2D eigenvalue weighted by Gasteiger charge is 2.50. The summed E-state index contributed by atoms with van der Waals surface area (Å²) in [6.07, 6.45) is 5.00. The van der Waals surface area contributed by atoms with E-state index in [2.05, 4.69) is 26.8 Å². The average molecular weight is 210 g/mol. The summed E-state index contributed by atoms with van der Waals surface area (Å²) in [4.78, 5) is 0. The fraction of sp³-hybridized carbons (Fsp3) is 0.846. The Labute approximate surface area is 92.3 Å². The molecule has 0 amide bonds. The molecule has 0 bridgehead atoms. The first kappa shape index (κ1) is 11.2. The quantitative estimate of drug-likeness (QED) is 0.623. The van der Waals surface area contributed by atoms with Crippen molar-refractivity contribution in [2.24, 2.45) is 17.3 Å². The summed E-state index contributed by atoms with van der Waals surface area (Å²) in [7, 11) is 0. The summed E-state index contributed by atoms with van der Waals surface area (Å²) in [5, 5.41) is 10.2. The van der Waals surface area contributed by atoms with E-state index in [-0.39, 0.29) is 5.41 Å². The smallest absolute Gasteiger partial charge is 0.160 e. The van der Waals surface area contributed by atoms with Gasteiger partial charge in [-0.2, -0.15) is 0 Å². The summed E-state index contributed by atoms with van der Waals surface area (Å²) in [5.41, 5.74) is 1.43. The zero-order chi connectivity index (χ0) is 11.1. The van der Waals surface area contributed by atoms with Crippen LogP contribution in [0.15, 0.2) is 11.6 Å². The maximum Gasteiger partial charge on any atom is 0.160 e. The summed E-state index contributed by atoms with van der Waals surface area (Å²) in [5.74, 6) is 0.983. The molecule has 1 N–H and O–H groups in total. The lowest BCUT2D eigenvalue weighted by Crippen LogP contribution is -2.51. The first-order chi connectivity index (χ1) is 7.07. The first-order valence-corrected chi connectivity index (χ1v) is 6.04. The van der Waals surface area contributed by atoms with Crippen molar-refractivity contribution in [1.29, 1.82) is 0 Å². The van der Waals surface area contributed by atoms with Gasteiger partial charge in [-0.05, 0) is 38.0 Å². The van der Waals surface area contributed by atoms with E-state index in [9.17, 15) is 5.11 Å². The minimum absolute atomic E-state index is 0.0300. The molecule has 2 aliphatic rings. The van der Waals surface area contributed by atoms with E-state index in [1.165, 1.54) is 5.57 Å². The molecule has 0 aromatic carbocycles. The summed E-state index contributed by atoms with van der Waals surface area (Å²) >= 11 is 0. The van der Waals surface area contributed by atoms with E-state index >= 15 is 0 Å². The molecule has 0 radical (unpaired) electrons. The van der Waals surface area contributed by atoms with E-state index in [1.807, 2.05) is 0 Å². The normalized spacial score (nSPS) is 46.7. The third-order valence-electron chi connectivity index (χ3n) is 4.54. The lowest BCUT2D eigenvalue weighted by molar-refractivity contribution is -0.239. The number of ether oxygens (including phenoxy) is 1. The van der Waals surface area contributed by atoms with Gasteiger partial charge in [-0.1, -0.05) is 25.5 Å². The SMILES string of the molecule is CC1=CC(C)C2(CC1)C(C)CCOC2O. The van der Waals surface area contributed by atoms with E-state index in [1.54, 1.807) is 0 Å². The van der Waals surface area contributed by atoms with Crippen LogP contribution in [0.1, 0.15) is 40.0 Å². The van der Waals surface area contributed by atoms with Gasteiger partial charge in [-0.15, -0.1) is 0 Å². The van der Waals surface area contributed by atoms with E-state index < -0.39 is 6.29 Å². The van der Waals surface area contributed by atoms with Crippen LogP contribution in [0.5, 0.6) is 0 Å². The van der Waals surface area contributed by atoms with Crippen molar-refractivity contribution < 1.29 is 9.84 Å². The molecule has 1 aliphatic carbocycles. The molecule has 0 saturated carbocycles. The van der Waals surface area contributed by atoms with Crippen LogP contribution in [0.25, 0.3) is 0 Å². The molecule has 2 heteroatoms. The van der Waals surface area contributed by atoms with Crippen molar-refractivity contribution in [3.63, 3.8) is 0 Å². The Hall–Kier alpha value is -0.340. The highest BCUT2D eigenvalue weighted by Crippen LogP contribution is 2.51. The highest BCUT2D eigenvalue weighted by atomic mass is 16.6. The number of hydrogen-bond donors (Lipinski definition) is 1. The molecule has 4 unspecified atom stereocenters. The van der Waals surface area contributed by atoms with Gasteiger partial charge in [-0.25, -0.2) is 0 Å². The van der Waals surface area contributed by atoms with Gasteiger partial charge in [0.2, 0.25) is 0 Å². The monoisotopic (exact) mass is 210 g/mol. The molecule has 2 nitrogen and oxygen atoms in total. The lowest BCUT2D eigenvalue weighted by atomic mass is 9.59. The van der Waals surface area contributed by atoms with Crippen molar-refractivity contribution in [3.8, 4) is 0 Å². The molecular formula is C13H22O2.